The van der Waals surface area contributed by atoms with E-state index in [4.69, 9.17) is 12.2 Å². The molecule has 0 atom stereocenters. The first-order valence-electron chi connectivity index (χ1n) is 8.45. The standard InChI is InChI=1S/C16H30N4S/c1-16(2,19-18-13-9-5-4-6-10-13)17-15(21)20(3)14-11-7-8-12-14/h13-14H,4-12H2,1-3H3,(H,17,21). The van der Waals surface area contributed by atoms with Gasteiger partial charge in [-0.3, -0.25) is 0 Å². The lowest BCUT2D eigenvalue weighted by Crippen LogP contribution is -2.50. The molecule has 2 fully saturated rings. The van der Waals surface area contributed by atoms with Crippen LogP contribution < -0.4 is 5.32 Å². The Morgan fingerprint density at radius 2 is 1.62 bits per heavy atom. The molecular weight excluding hydrogens is 280 g/mol. The SMILES string of the molecule is CN(C(=S)NC(C)(C)N=NC1CCCCC1)C1CCCC1. The summed E-state index contributed by atoms with van der Waals surface area (Å²) in [5, 5.41) is 13.2. The van der Waals surface area contributed by atoms with Gasteiger partial charge in [0.25, 0.3) is 0 Å². The van der Waals surface area contributed by atoms with Crippen LogP contribution in [0.1, 0.15) is 71.6 Å². The van der Waals surface area contributed by atoms with Crippen molar-refractivity contribution in [2.75, 3.05) is 7.05 Å². The lowest BCUT2D eigenvalue weighted by atomic mass is 9.96. The van der Waals surface area contributed by atoms with Gasteiger partial charge < -0.3 is 10.2 Å². The molecular formula is C16H30N4S. The molecule has 0 heterocycles. The van der Waals surface area contributed by atoms with E-state index in [1.807, 2.05) is 13.8 Å². The molecule has 21 heavy (non-hydrogen) atoms. The van der Waals surface area contributed by atoms with Crippen LogP contribution in [0.15, 0.2) is 10.2 Å². The van der Waals surface area contributed by atoms with Crippen LogP contribution >= 0.6 is 12.2 Å². The van der Waals surface area contributed by atoms with Gasteiger partial charge in [-0.1, -0.05) is 32.1 Å². The van der Waals surface area contributed by atoms with E-state index in [9.17, 15) is 0 Å². The van der Waals surface area contributed by atoms with E-state index in [0.717, 1.165) is 5.11 Å². The highest BCUT2D eigenvalue weighted by Crippen LogP contribution is 2.24. The largest absolute Gasteiger partial charge is 0.349 e. The first kappa shape index (κ1) is 16.7. The fourth-order valence-electron chi connectivity index (χ4n) is 3.25. The van der Waals surface area contributed by atoms with Gasteiger partial charge in [-0.15, -0.1) is 0 Å². The smallest absolute Gasteiger partial charge is 0.170 e. The van der Waals surface area contributed by atoms with Gasteiger partial charge >= 0.3 is 0 Å². The zero-order valence-electron chi connectivity index (χ0n) is 13.8. The van der Waals surface area contributed by atoms with E-state index in [2.05, 4.69) is 27.5 Å². The summed E-state index contributed by atoms with van der Waals surface area (Å²) >= 11 is 5.55. The summed E-state index contributed by atoms with van der Waals surface area (Å²) < 4.78 is 0. The van der Waals surface area contributed by atoms with Crippen molar-refractivity contribution in [3.63, 3.8) is 0 Å². The van der Waals surface area contributed by atoms with Crippen LogP contribution in [0, 0.1) is 0 Å². The topological polar surface area (TPSA) is 40.0 Å². The molecule has 0 aliphatic heterocycles. The van der Waals surface area contributed by atoms with Crippen LogP contribution in [-0.4, -0.2) is 34.8 Å². The molecule has 120 valence electrons. The van der Waals surface area contributed by atoms with E-state index in [0.29, 0.717) is 12.1 Å². The lowest BCUT2D eigenvalue weighted by Gasteiger charge is -2.32. The number of nitrogens with one attached hydrogen (secondary N) is 1. The Hall–Kier alpha value is -0.710. The molecule has 5 heteroatoms. The van der Waals surface area contributed by atoms with Crippen molar-refractivity contribution in [1.29, 1.82) is 0 Å². The number of nitrogens with zero attached hydrogens (tertiary/aromatic N) is 3. The van der Waals surface area contributed by atoms with Crippen LogP contribution in [0.2, 0.25) is 0 Å². The maximum absolute atomic E-state index is 5.55. The van der Waals surface area contributed by atoms with E-state index in [1.54, 1.807) is 0 Å². The van der Waals surface area contributed by atoms with Gasteiger partial charge in [0, 0.05) is 13.1 Å². The van der Waals surface area contributed by atoms with Gasteiger partial charge in [-0.25, -0.2) is 0 Å². The average Bonchev–Trinajstić information content (AvgIpc) is 2.99. The van der Waals surface area contributed by atoms with E-state index in [-0.39, 0.29) is 0 Å². The second-order valence-electron chi connectivity index (χ2n) is 7.05. The summed E-state index contributed by atoms with van der Waals surface area (Å²) in [7, 11) is 2.10. The van der Waals surface area contributed by atoms with Crippen molar-refractivity contribution in [3.05, 3.63) is 0 Å². The van der Waals surface area contributed by atoms with E-state index in [1.165, 1.54) is 57.8 Å². The Morgan fingerprint density at radius 1 is 1.05 bits per heavy atom. The van der Waals surface area contributed by atoms with E-state index < -0.39 is 5.66 Å². The highest BCUT2D eigenvalue weighted by atomic mass is 32.1. The van der Waals surface area contributed by atoms with Crippen molar-refractivity contribution < 1.29 is 0 Å². The van der Waals surface area contributed by atoms with Crippen LogP contribution in [0.25, 0.3) is 0 Å². The van der Waals surface area contributed by atoms with Crippen LogP contribution in [0.3, 0.4) is 0 Å². The predicted molar refractivity (Wildman–Crippen MR) is 91.6 cm³/mol. The molecule has 0 aromatic rings. The second kappa shape index (κ2) is 7.52. The van der Waals surface area contributed by atoms with Crippen molar-refractivity contribution in [2.45, 2.75) is 89.4 Å². The number of hydrogen-bond donors (Lipinski definition) is 1. The molecule has 0 aromatic heterocycles. The summed E-state index contributed by atoms with van der Waals surface area (Å²) in [5.74, 6) is 0. The van der Waals surface area contributed by atoms with Gasteiger partial charge in [0.05, 0.1) is 6.04 Å². The third-order valence-electron chi connectivity index (χ3n) is 4.65. The molecule has 0 bridgehead atoms. The summed E-state index contributed by atoms with van der Waals surface area (Å²) in [6.07, 6.45) is 11.5. The average molecular weight is 311 g/mol. The molecule has 2 aliphatic carbocycles. The Kier molecular flexibility index (Phi) is 5.97. The predicted octanol–water partition coefficient (Wildman–Crippen LogP) is 4.26. The third kappa shape index (κ3) is 5.20. The van der Waals surface area contributed by atoms with Crippen molar-refractivity contribution >= 4 is 17.3 Å². The maximum Gasteiger partial charge on any atom is 0.170 e. The molecule has 0 amide bonds. The fraction of sp³-hybridized carbons (Fsp3) is 0.938. The molecule has 0 saturated heterocycles. The molecule has 0 spiro atoms. The minimum atomic E-state index is -0.415. The van der Waals surface area contributed by atoms with Crippen molar-refractivity contribution in [1.82, 2.24) is 10.2 Å². The lowest BCUT2D eigenvalue weighted by molar-refractivity contribution is 0.338. The summed E-state index contributed by atoms with van der Waals surface area (Å²) in [5.41, 5.74) is -0.415. The van der Waals surface area contributed by atoms with E-state index >= 15 is 0 Å². The first-order valence-corrected chi connectivity index (χ1v) is 8.86. The normalized spacial score (nSPS) is 21.9. The minimum absolute atomic E-state index is 0.415. The Bertz CT molecular complexity index is 368. The van der Waals surface area contributed by atoms with Crippen LogP contribution in [0.4, 0.5) is 0 Å². The van der Waals surface area contributed by atoms with Crippen molar-refractivity contribution in [2.24, 2.45) is 10.2 Å². The van der Waals surface area contributed by atoms with Crippen LogP contribution in [0.5, 0.6) is 0 Å². The van der Waals surface area contributed by atoms with Gasteiger partial charge in [0.15, 0.2) is 5.11 Å². The monoisotopic (exact) mass is 310 g/mol. The summed E-state index contributed by atoms with van der Waals surface area (Å²) in [4.78, 5) is 2.21. The van der Waals surface area contributed by atoms with Gasteiger partial charge in [-0.2, -0.15) is 10.2 Å². The fourth-order valence-corrected chi connectivity index (χ4v) is 3.65. The van der Waals surface area contributed by atoms with Crippen LogP contribution in [-0.2, 0) is 0 Å². The molecule has 4 nitrogen and oxygen atoms in total. The number of rotatable bonds is 4. The summed E-state index contributed by atoms with van der Waals surface area (Å²) in [6, 6.07) is 1.01. The van der Waals surface area contributed by atoms with Gasteiger partial charge in [0.2, 0.25) is 0 Å². The molecule has 0 unspecified atom stereocenters. The molecule has 2 rings (SSSR count). The quantitative estimate of drug-likeness (QED) is 0.623. The summed E-state index contributed by atoms with van der Waals surface area (Å²) in [6.45, 7) is 4.10. The molecule has 2 aliphatic rings. The highest BCUT2D eigenvalue weighted by Gasteiger charge is 2.25. The second-order valence-corrected chi connectivity index (χ2v) is 7.43. The Morgan fingerprint density at radius 3 is 2.24 bits per heavy atom. The highest BCUT2D eigenvalue weighted by molar-refractivity contribution is 7.80. The molecule has 0 radical (unpaired) electrons. The zero-order chi connectivity index (χ0) is 15.3. The Labute approximate surface area is 134 Å². The Balaban J connectivity index is 1.83. The number of azo groups is 1. The molecule has 0 aromatic carbocycles. The number of hydrogen-bond acceptors (Lipinski definition) is 3. The maximum atomic E-state index is 5.55. The third-order valence-corrected chi connectivity index (χ3v) is 5.04. The minimum Gasteiger partial charge on any atom is -0.349 e. The van der Waals surface area contributed by atoms with Gasteiger partial charge in [-0.05, 0) is 51.7 Å². The van der Waals surface area contributed by atoms with Crippen molar-refractivity contribution in [3.8, 4) is 0 Å². The molecule has 2 saturated carbocycles. The number of thiocarbonyl (C=S) groups is 1. The first-order chi connectivity index (χ1) is 9.98. The zero-order valence-corrected chi connectivity index (χ0v) is 14.6. The van der Waals surface area contributed by atoms with Gasteiger partial charge in [0.1, 0.15) is 5.66 Å². The molecule has 1 N–H and O–H groups in total.